The van der Waals surface area contributed by atoms with Crippen molar-refractivity contribution in [3.05, 3.63) is 57.7 Å². The third-order valence-electron chi connectivity index (χ3n) is 3.30. The van der Waals surface area contributed by atoms with Crippen molar-refractivity contribution in [2.75, 3.05) is 12.4 Å². The van der Waals surface area contributed by atoms with Crippen molar-refractivity contribution in [3.63, 3.8) is 0 Å². The molecule has 0 bridgehead atoms. The second kappa shape index (κ2) is 7.75. The highest BCUT2D eigenvalue weighted by molar-refractivity contribution is 7.14. The summed E-state index contributed by atoms with van der Waals surface area (Å²) in [5.41, 5.74) is 2.10. The molecule has 2 heterocycles. The van der Waals surface area contributed by atoms with Gasteiger partial charge in [0.2, 0.25) is 0 Å². The van der Waals surface area contributed by atoms with Crippen LogP contribution in [-0.2, 0) is 4.79 Å². The van der Waals surface area contributed by atoms with Gasteiger partial charge in [0.05, 0.1) is 18.5 Å². The Morgan fingerprint density at radius 3 is 2.88 bits per heavy atom. The zero-order valence-electron chi connectivity index (χ0n) is 13.2. The molecule has 124 valence electrons. The molecule has 0 saturated heterocycles. The molecule has 0 aliphatic heterocycles. The predicted octanol–water partition coefficient (Wildman–Crippen LogP) is 4.43. The summed E-state index contributed by atoms with van der Waals surface area (Å²) in [7, 11) is 1.52. The number of nitriles is 1. The average molecular weight is 367 g/mol. The van der Waals surface area contributed by atoms with Crippen LogP contribution in [0.5, 0.6) is 5.75 Å². The van der Waals surface area contributed by atoms with E-state index in [0.29, 0.717) is 17.1 Å². The Balaban J connectivity index is 1.81. The van der Waals surface area contributed by atoms with Crippen LogP contribution in [0.25, 0.3) is 16.6 Å². The first-order valence-corrected chi connectivity index (χ1v) is 9.08. The number of thiophene rings is 1. The first kappa shape index (κ1) is 16.9. The molecule has 2 aromatic heterocycles. The van der Waals surface area contributed by atoms with Crippen molar-refractivity contribution in [2.24, 2.45) is 0 Å². The van der Waals surface area contributed by atoms with Crippen LogP contribution in [0.3, 0.4) is 0 Å². The molecule has 0 fully saturated rings. The lowest BCUT2D eigenvalue weighted by Gasteiger charge is -2.08. The summed E-state index contributed by atoms with van der Waals surface area (Å²) in [6, 6.07) is 10.9. The van der Waals surface area contributed by atoms with Gasteiger partial charge in [-0.3, -0.25) is 4.79 Å². The molecule has 3 aromatic rings. The number of methoxy groups -OCH3 is 1. The first-order valence-electron chi connectivity index (χ1n) is 7.25. The number of hydrogen-bond acceptors (Lipinski definition) is 6. The van der Waals surface area contributed by atoms with Gasteiger partial charge in [-0.25, -0.2) is 4.98 Å². The molecule has 1 aromatic carbocycles. The fourth-order valence-corrected chi connectivity index (χ4v) is 3.59. The van der Waals surface area contributed by atoms with Gasteiger partial charge < -0.3 is 10.1 Å². The number of hydrogen-bond donors (Lipinski definition) is 1. The number of amides is 1. The van der Waals surface area contributed by atoms with Gasteiger partial charge in [-0.15, -0.1) is 11.3 Å². The number of nitrogens with zero attached hydrogens (tertiary/aromatic N) is 2. The number of rotatable bonds is 5. The van der Waals surface area contributed by atoms with E-state index >= 15 is 0 Å². The molecule has 0 saturated carbocycles. The highest BCUT2D eigenvalue weighted by atomic mass is 32.1. The lowest BCUT2D eigenvalue weighted by atomic mass is 10.2. The van der Waals surface area contributed by atoms with E-state index in [9.17, 15) is 10.1 Å². The van der Waals surface area contributed by atoms with Gasteiger partial charge in [0, 0.05) is 16.3 Å². The minimum absolute atomic E-state index is 0.0203. The second-order valence-corrected chi connectivity index (χ2v) is 6.55. The van der Waals surface area contributed by atoms with Crippen molar-refractivity contribution in [3.8, 4) is 22.4 Å². The van der Waals surface area contributed by atoms with Gasteiger partial charge in [0.1, 0.15) is 22.4 Å². The van der Waals surface area contributed by atoms with Crippen LogP contribution in [-0.4, -0.2) is 18.0 Å². The van der Waals surface area contributed by atoms with Crippen molar-refractivity contribution in [1.82, 2.24) is 4.98 Å². The number of aromatic nitrogens is 1. The third kappa shape index (κ3) is 3.94. The topological polar surface area (TPSA) is 75.0 Å². The molecule has 25 heavy (non-hydrogen) atoms. The van der Waals surface area contributed by atoms with Gasteiger partial charge in [0.15, 0.2) is 0 Å². The average Bonchev–Trinajstić information content (AvgIpc) is 3.31. The largest absolute Gasteiger partial charge is 0.495 e. The predicted molar refractivity (Wildman–Crippen MR) is 101 cm³/mol. The lowest BCUT2D eigenvalue weighted by Crippen LogP contribution is -2.14. The van der Waals surface area contributed by atoms with Gasteiger partial charge in [-0.05, 0) is 29.7 Å². The Hall–Kier alpha value is -2.95. The summed E-state index contributed by atoms with van der Waals surface area (Å²) in [4.78, 5) is 16.8. The standard InChI is InChI=1S/C18H13N3O2S2/c1-23-16-5-3-2-4-15(16)21-17(22)13(9-19)8-14-11-25-18(20-14)12-6-7-24-10-12/h2-8,10-11H,1H3,(H,21,22). The minimum Gasteiger partial charge on any atom is -0.495 e. The van der Waals surface area contributed by atoms with E-state index in [0.717, 1.165) is 10.6 Å². The van der Waals surface area contributed by atoms with E-state index in [4.69, 9.17) is 4.74 Å². The van der Waals surface area contributed by atoms with Crippen molar-refractivity contribution >= 4 is 40.3 Å². The van der Waals surface area contributed by atoms with E-state index < -0.39 is 5.91 Å². The SMILES string of the molecule is COc1ccccc1NC(=O)C(C#N)=Cc1csc(-c2ccsc2)n1. The number of ether oxygens (including phenoxy) is 1. The number of benzene rings is 1. The fraction of sp³-hybridized carbons (Fsp3) is 0.0556. The van der Waals surface area contributed by atoms with E-state index in [1.54, 1.807) is 35.6 Å². The molecular weight excluding hydrogens is 354 g/mol. The number of thiazole rings is 1. The maximum absolute atomic E-state index is 12.4. The van der Waals surface area contributed by atoms with E-state index in [1.165, 1.54) is 24.5 Å². The summed E-state index contributed by atoms with van der Waals surface area (Å²) < 4.78 is 5.20. The number of para-hydroxylation sites is 2. The van der Waals surface area contributed by atoms with E-state index in [2.05, 4.69) is 10.3 Å². The number of carbonyl (C=O) groups excluding carboxylic acids is 1. The molecule has 0 aliphatic carbocycles. The molecule has 5 nitrogen and oxygen atoms in total. The quantitative estimate of drug-likeness (QED) is 0.535. The molecule has 0 radical (unpaired) electrons. The smallest absolute Gasteiger partial charge is 0.266 e. The zero-order valence-corrected chi connectivity index (χ0v) is 14.9. The first-order chi connectivity index (χ1) is 12.2. The van der Waals surface area contributed by atoms with Crippen molar-refractivity contribution in [1.29, 1.82) is 5.26 Å². The highest BCUT2D eigenvalue weighted by Gasteiger charge is 2.13. The molecule has 1 N–H and O–H groups in total. The molecule has 7 heteroatoms. The van der Waals surface area contributed by atoms with Gasteiger partial charge in [0.25, 0.3) is 5.91 Å². The van der Waals surface area contributed by atoms with Crippen LogP contribution in [0.2, 0.25) is 0 Å². The highest BCUT2D eigenvalue weighted by Crippen LogP contribution is 2.27. The van der Waals surface area contributed by atoms with Crippen molar-refractivity contribution in [2.45, 2.75) is 0 Å². The van der Waals surface area contributed by atoms with Gasteiger partial charge >= 0.3 is 0 Å². The van der Waals surface area contributed by atoms with E-state index in [-0.39, 0.29) is 5.57 Å². The summed E-state index contributed by atoms with van der Waals surface area (Å²) in [5, 5.41) is 18.7. The number of nitrogens with one attached hydrogen (secondary N) is 1. The van der Waals surface area contributed by atoms with Crippen molar-refractivity contribution < 1.29 is 9.53 Å². The molecule has 0 unspecified atom stereocenters. The van der Waals surface area contributed by atoms with Crippen LogP contribution in [0, 0.1) is 11.3 Å². The summed E-state index contributed by atoms with van der Waals surface area (Å²) in [5.74, 6) is 0.0265. The molecule has 3 rings (SSSR count). The molecule has 0 spiro atoms. The van der Waals surface area contributed by atoms with Gasteiger partial charge in [-0.2, -0.15) is 16.6 Å². The van der Waals surface area contributed by atoms with E-state index in [1.807, 2.05) is 28.3 Å². The molecular formula is C18H13N3O2S2. The maximum Gasteiger partial charge on any atom is 0.266 e. The number of carbonyl (C=O) groups is 1. The summed E-state index contributed by atoms with van der Waals surface area (Å²) >= 11 is 3.07. The molecule has 0 aliphatic rings. The Morgan fingerprint density at radius 2 is 2.16 bits per heavy atom. The Morgan fingerprint density at radius 1 is 1.32 bits per heavy atom. The number of anilines is 1. The Labute approximate surface area is 152 Å². The monoisotopic (exact) mass is 367 g/mol. The summed E-state index contributed by atoms with van der Waals surface area (Å²) in [6.45, 7) is 0. The van der Waals surface area contributed by atoms with Crippen LogP contribution in [0.15, 0.2) is 52.0 Å². The summed E-state index contributed by atoms with van der Waals surface area (Å²) in [6.07, 6.45) is 1.48. The fourth-order valence-electron chi connectivity index (χ4n) is 2.11. The van der Waals surface area contributed by atoms with Crippen LogP contribution >= 0.6 is 22.7 Å². The molecule has 1 amide bonds. The third-order valence-corrected chi connectivity index (χ3v) is 4.90. The maximum atomic E-state index is 12.4. The minimum atomic E-state index is -0.503. The van der Waals surface area contributed by atoms with Gasteiger partial charge in [-0.1, -0.05) is 12.1 Å². The Bertz CT molecular complexity index is 953. The van der Waals surface area contributed by atoms with Crippen LogP contribution < -0.4 is 10.1 Å². The molecule has 0 atom stereocenters. The zero-order chi connectivity index (χ0) is 17.6. The van der Waals surface area contributed by atoms with Crippen LogP contribution in [0.1, 0.15) is 5.69 Å². The Kier molecular flexibility index (Phi) is 5.23. The lowest BCUT2D eigenvalue weighted by molar-refractivity contribution is -0.112. The second-order valence-electron chi connectivity index (χ2n) is 4.91. The normalized spacial score (nSPS) is 11.0. The van der Waals surface area contributed by atoms with Crippen LogP contribution in [0.4, 0.5) is 5.69 Å².